The number of carboxylic acids is 1. The zero-order chi connectivity index (χ0) is 39.9. The summed E-state index contributed by atoms with van der Waals surface area (Å²) in [7, 11) is 0. The second kappa shape index (κ2) is 15.5. The van der Waals surface area contributed by atoms with Crippen molar-refractivity contribution in [2.75, 3.05) is 43.0 Å². The summed E-state index contributed by atoms with van der Waals surface area (Å²) >= 11 is 1.45. The van der Waals surface area contributed by atoms with E-state index in [0.29, 0.717) is 59.5 Å². The molecule has 2 aliphatic heterocycles. The van der Waals surface area contributed by atoms with Gasteiger partial charge in [0.15, 0.2) is 10.8 Å². The first-order chi connectivity index (χ1) is 27.4. The molecule has 296 valence electrons. The summed E-state index contributed by atoms with van der Waals surface area (Å²) in [5.74, 6) is 0.506. The standard InChI is InChI=1S/C45H49N5O6S/c1-28-31(10-8-13-36(28)55-24-18-30-25-45(30)19-22-49(23-20-45)27-39(51)52)32-15-16-38(47-40(32)42(54)56-44(2,3)4)50-21-17-29-9-7-11-33(34(29)26-50)41(53)48-43-46-35-12-5-6-14-37(35)57-43/h5-16,30H,17-27H2,1-4H3,(H,51,52)(H,46,48,53). The number of hydrogen-bond acceptors (Lipinski definition) is 10. The average Bonchev–Trinajstić information content (AvgIpc) is 3.68. The molecule has 2 N–H and O–H groups in total. The van der Waals surface area contributed by atoms with Crippen molar-refractivity contribution >= 4 is 50.3 Å². The number of pyridine rings is 1. The Bertz CT molecular complexity index is 2310. The van der Waals surface area contributed by atoms with Crippen LogP contribution in [0.4, 0.5) is 10.9 Å². The number of carboxylic acid groups (broad SMARTS) is 1. The lowest BCUT2D eigenvalue weighted by Gasteiger charge is -2.31. The van der Waals surface area contributed by atoms with Gasteiger partial charge < -0.3 is 19.5 Å². The van der Waals surface area contributed by atoms with Crippen molar-refractivity contribution in [1.29, 1.82) is 0 Å². The number of aliphatic carboxylic acids is 1. The number of carbonyl (C=O) groups is 3. The fraction of sp³-hybridized carbons (Fsp3) is 0.400. The lowest BCUT2D eigenvalue weighted by molar-refractivity contribution is -0.138. The van der Waals surface area contributed by atoms with Gasteiger partial charge in [0.1, 0.15) is 17.2 Å². The molecule has 1 atom stereocenters. The molecule has 1 aliphatic carbocycles. The van der Waals surface area contributed by atoms with E-state index in [4.69, 9.17) is 19.6 Å². The Labute approximate surface area is 337 Å². The van der Waals surface area contributed by atoms with Crippen molar-refractivity contribution in [3.05, 3.63) is 101 Å². The number of ether oxygens (including phenoxy) is 2. The zero-order valence-corrected chi connectivity index (χ0v) is 33.8. The van der Waals surface area contributed by atoms with Crippen LogP contribution in [0.15, 0.2) is 72.8 Å². The molecule has 1 amide bonds. The number of anilines is 2. The molecule has 57 heavy (non-hydrogen) atoms. The minimum absolute atomic E-state index is 0.119. The monoisotopic (exact) mass is 787 g/mol. The second-order valence-electron chi connectivity index (χ2n) is 16.6. The SMILES string of the molecule is Cc1c(OCCC2CC23CCN(CC(=O)O)CC3)cccc1-c1ccc(N2CCc3cccc(C(=O)Nc4nc5ccccc5s4)c3C2)nc1C(=O)OC(C)(C)C. The molecule has 11 nitrogen and oxygen atoms in total. The van der Waals surface area contributed by atoms with E-state index >= 15 is 0 Å². The molecule has 3 aromatic carbocycles. The topological polar surface area (TPSA) is 134 Å². The van der Waals surface area contributed by atoms with Crippen molar-refractivity contribution in [3.8, 4) is 16.9 Å². The molecule has 1 saturated carbocycles. The van der Waals surface area contributed by atoms with Crippen LogP contribution in [0, 0.1) is 18.3 Å². The second-order valence-corrected chi connectivity index (χ2v) is 17.7. The molecular weight excluding hydrogens is 739 g/mol. The third kappa shape index (κ3) is 8.38. The lowest BCUT2D eigenvalue weighted by atomic mass is 9.90. The van der Waals surface area contributed by atoms with Crippen LogP contribution in [0.3, 0.4) is 0 Å². The van der Waals surface area contributed by atoms with E-state index in [1.165, 1.54) is 17.8 Å². The third-order valence-electron chi connectivity index (χ3n) is 11.7. The summed E-state index contributed by atoms with van der Waals surface area (Å²) in [4.78, 5) is 52.5. The van der Waals surface area contributed by atoms with Gasteiger partial charge in [0.2, 0.25) is 0 Å². The Kier molecular flexibility index (Phi) is 10.5. The summed E-state index contributed by atoms with van der Waals surface area (Å²) in [5, 5.41) is 12.7. The first kappa shape index (κ1) is 38.5. The van der Waals surface area contributed by atoms with Gasteiger partial charge >= 0.3 is 11.9 Å². The number of amides is 1. The molecule has 5 aromatic rings. The van der Waals surface area contributed by atoms with Gasteiger partial charge in [-0.3, -0.25) is 19.8 Å². The Morgan fingerprint density at radius 3 is 2.51 bits per heavy atom. The van der Waals surface area contributed by atoms with Gasteiger partial charge in [-0.15, -0.1) is 0 Å². The van der Waals surface area contributed by atoms with Crippen molar-refractivity contribution in [3.63, 3.8) is 0 Å². The predicted molar refractivity (Wildman–Crippen MR) is 222 cm³/mol. The van der Waals surface area contributed by atoms with Crippen LogP contribution >= 0.6 is 11.3 Å². The number of nitrogens with zero attached hydrogens (tertiary/aromatic N) is 4. The molecule has 8 rings (SSSR count). The number of hydrogen-bond donors (Lipinski definition) is 2. The van der Waals surface area contributed by atoms with Gasteiger partial charge in [-0.05, 0) is 143 Å². The number of aromatic nitrogens is 2. The summed E-state index contributed by atoms with van der Waals surface area (Å²) in [6.45, 7) is 11.1. The highest BCUT2D eigenvalue weighted by molar-refractivity contribution is 7.22. The Balaban J connectivity index is 0.998. The lowest BCUT2D eigenvalue weighted by Crippen LogP contribution is -2.38. The van der Waals surface area contributed by atoms with Crippen LogP contribution in [0.1, 0.15) is 84.0 Å². The molecule has 1 saturated heterocycles. The first-order valence-electron chi connectivity index (χ1n) is 19.8. The minimum Gasteiger partial charge on any atom is -0.493 e. The molecule has 0 bridgehead atoms. The van der Waals surface area contributed by atoms with Crippen LogP contribution < -0.4 is 15.0 Å². The van der Waals surface area contributed by atoms with E-state index in [2.05, 4.69) is 21.3 Å². The van der Waals surface area contributed by atoms with Crippen LogP contribution in [0.5, 0.6) is 5.75 Å². The fourth-order valence-electron chi connectivity index (χ4n) is 8.58. The van der Waals surface area contributed by atoms with Crippen LogP contribution in [0.25, 0.3) is 21.3 Å². The molecule has 1 spiro atoms. The largest absolute Gasteiger partial charge is 0.493 e. The van der Waals surface area contributed by atoms with Gasteiger partial charge in [-0.2, -0.15) is 0 Å². The van der Waals surface area contributed by atoms with E-state index in [0.717, 1.165) is 70.6 Å². The zero-order valence-electron chi connectivity index (χ0n) is 33.0. The number of carbonyl (C=O) groups excluding carboxylic acids is 2. The quantitative estimate of drug-likeness (QED) is 0.126. The summed E-state index contributed by atoms with van der Waals surface area (Å²) in [6, 6.07) is 23.4. The number of fused-ring (bicyclic) bond motifs is 2. The maximum atomic E-state index is 13.9. The maximum Gasteiger partial charge on any atom is 0.358 e. The normalized spacial score (nSPS) is 17.6. The summed E-state index contributed by atoms with van der Waals surface area (Å²) in [5.41, 5.74) is 5.72. The number of thiazole rings is 1. The van der Waals surface area contributed by atoms with Gasteiger partial charge in [-0.1, -0.05) is 47.7 Å². The highest BCUT2D eigenvalue weighted by Gasteiger charge is 2.54. The highest BCUT2D eigenvalue weighted by atomic mass is 32.1. The number of para-hydroxylation sites is 1. The Hall–Kier alpha value is -5.33. The Morgan fingerprint density at radius 2 is 1.74 bits per heavy atom. The smallest absolute Gasteiger partial charge is 0.358 e. The molecule has 1 unspecified atom stereocenters. The molecule has 0 radical (unpaired) electrons. The van der Waals surface area contributed by atoms with E-state index in [1.54, 1.807) is 0 Å². The summed E-state index contributed by atoms with van der Waals surface area (Å²) in [6.07, 6.45) is 4.93. The molecule has 3 aliphatic rings. The highest BCUT2D eigenvalue weighted by Crippen LogP contribution is 2.60. The number of piperidine rings is 1. The summed E-state index contributed by atoms with van der Waals surface area (Å²) < 4.78 is 13.3. The number of esters is 1. The molecule has 2 fully saturated rings. The van der Waals surface area contributed by atoms with Crippen molar-refractivity contribution in [2.45, 2.75) is 71.9 Å². The molecule has 2 aromatic heterocycles. The van der Waals surface area contributed by atoms with E-state index in [9.17, 15) is 14.4 Å². The molecular formula is C45H49N5O6S. The third-order valence-corrected chi connectivity index (χ3v) is 12.6. The molecule has 12 heteroatoms. The van der Waals surface area contributed by atoms with Gasteiger partial charge in [-0.25, -0.2) is 14.8 Å². The molecule has 4 heterocycles. The van der Waals surface area contributed by atoms with Crippen molar-refractivity contribution < 1.29 is 29.0 Å². The van der Waals surface area contributed by atoms with Crippen molar-refractivity contribution in [2.24, 2.45) is 11.3 Å². The van der Waals surface area contributed by atoms with E-state index in [1.807, 2.05) is 99.3 Å². The van der Waals surface area contributed by atoms with Gasteiger partial charge in [0.05, 0.1) is 23.4 Å². The number of benzene rings is 3. The number of likely N-dealkylation sites (tertiary alicyclic amines) is 1. The van der Waals surface area contributed by atoms with Gasteiger partial charge in [0, 0.05) is 24.2 Å². The maximum absolute atomic E-state index is 13.9. The van der Waals surface area contributed by atoms with Gasteiger partial charge in [0.25, 0.3) is 5.91 Å². The van der Waals surface area contributed by atoms with Crippen LogP contribution in [-0.2, 0) is 22.5 Å². The van der Waals surface area contributed by atoms with E-state index < -0.39 is 17.5 Å². The average molecular weight is 788 g/mol. The Morgan fingerprint density at radius 1 is 0.947 bits per heavy atom. The predicted octanol–water partition coefficient (Wildman–Crippen LogP) is 8.39. The number of nitrogens with one attached hydrogen (secondary N) is 1. The first-order valence-corrected chi connectivity index (χ1v) is 20.6. The van der Waals surface area contributed by atoms with Crippen LogP contribution in [-0.4, -0.2) is 76.2 Å². The van der Waals surface area contributed by atoms with Crippen LogP contribution in [0.2, 0.25) is 0 Å². The fourth-order valence-corrected chi connectivity index (χ4v) is 9.44. The minimum atomic E-state index is -0.763. The van der Waals surface area contributed by atoms with Crippen molar-refractivity contribution in [1.82, 2.24) is 14.9 Å². The van der Waals surface area contributed by atoms with E-state index in [-0.39, 0.29) is 18.1 Å². The number of rotatable bonds is 11.